The number of hydrogen-bond acceptors (Lipinski definition) is 7. The van der Waals surface area contributed by atoms with Gasteiger partial charge in [-0.25, -0.2) is 0 Å². The van der Waals surface area contributed by atoms with Gasteiger partial charge in [-0.05, 0) is 56.2 Å². The molecule has 2 saturated heterocycles. The summed E-state index contributed by atoms with van der Waals surface area (Å²) in [6.45, 7) is 7.18. The Morgan fingerprint density at radius 2 is 1.25 bits per heavy atom. The monoisotopic (exact) mass is 444 g/mol. The molecule has 1 N–H and O–H groups in total. The lowest BCUT2D eigenvalue weighted by Gasteiger charge is -2.24. The number of phenols is 1. The van der Waals surface area contributed by atoms with Gasteiger partial charge in [-0.1, -0.05) is 6.07 Å². The summed E-state index contributed by atoms with van der Waals surface area (Å²) in [5.74, 6) is 2.48. The highest BCUT2D eigenvalue weighted by molar-refractivity contribution is 5.53. The van der Waals surface area contributed by atoms with E-state index in [9.17, 15) is 5.11 Å². The third-order valence-electron chi connectivity index (χ3n) is 6.03. The molecular weight excluding hydrogens is 412 g/mol. The minimum Gasteiger partial charge on any atom is -0.502 e. The zero-order valence-electron chi connectivity index (χ0n) is 19.5. The first-order chi connectivity index (χ1) is 15.3. The maximum atomic E-state index is 10.2. The summed E-state index contributed by atoms with van der Waals surface area (Å²) in [6, 6.07) is 9.59. The maximum absolute atomic E-state index is 10.2. The van der Waals surface area contributed by atoms with Crippen molar-refractivity contribution in [2.75, 3.05) is 34.5 Å². The summed E-state index contributed by atoms with van der Waals surface area (Å²) in [7, 11) is 4.69. The lowest BCUT2D eigenvalue weighted by atomic mass is 9.84. The van der Waals surface area contributed by atoms with Gasteiger partial charge in [0.2, 0.25) is 5.75 Å². The number of rotatable bonds is 6. The summed E-state index contributed by atoms with van der Waals surface area (Å²) < 4.78 is 34.7. The van der Waals surface area contributed by atoms with Crippen molar-refractivity contribution < 1.29 is 33.5 Å². The molecule has 0 spiro atoms. The number of ether oxygens (including phenoxy) is 6. The highest BCUT2D eigenvalue weighted by Gasteiger charge is 2.48. The van der Waals surface area contributed by atoms with E-state index >= 15 is 0 Å². The molecule has 2 heterocycles. The molecule has 2 aromatic rings. The molecule has 7 heteroatoms. The number of benzene rings is 2. The number of aromatic hydroxyl groups is 1. The molecule has 2 aromatic carbocycles. The summed E-state index contributed by atoms with van der Waals surface area (Å²) in [6.07, 6.45) is -0.262. The first-order valence-electron chi connectivity index (χ1n) is 10.8. The SMILES string of the molecule is COc1cc(C2OCC3C(c4cc(OC)c(O)c(OC)c4)OCC23)ccc1OC(C)(C)C. The van der Waals surface area contributed by atoms with Crippen LogP contribution in [0.2, 0.25) is 0 Å². The van der Waals surface area contributed by atoms with Crippen LogP contribution < -0.4 is 18.9 Å². The molecule has 2 aliphatic heterocycles. The number of fused-ring (bicyclic) bond motifs is 1. The van der Waals surface area contributed by atoms with E-state index in [1.165, 1.54) is 14.2 Å². The first kappa shape index (κ1) is 22.6. The standard InChI is InChI=1S/C25H32O7/c1-25(2,3)32-18-8-7-14(9-19(18)27-4)23-16-12-31-24(17(16)13-30-23)15-10-20(28-5)22(26)21(11-15)29-6/h7-11,16-17,23-24,26H,12-13H2,1-6H3. The van der Waals surface area contributed by atoms with Crippen LogP contribution in [-0.2, 0) is 9.47 Å². The van der Waals surface area contributed by atoms with Crippen molar-refractivity contribution in [3.8, 4) is 28.7 Å². The number of hydrogen-bond donors (Lipinski definition) is 1. The fourth-order valence-electron chi connectivity index (χ4n) is 4.59. The molecule has 32 heavy (non-hydrogen) atoms. The Balaban J connectivity index is 1.58. The van der Waals surface area contributed by atoms with E-state index in [0.717, 1.165) is 11.1 Å². The highest BCUT2D eigenvalue weighted by atomic mass is 16.5. The van der Waals surface area contributed by atoms with Gasteiger partial charge in [0.15, 0.2) is 23.0 Å². The summed E-state index contributed by atoms with van der Waals surface area (Å²) in [5.41, 5.74) is 1.63. The molecule has 4 unspecified atom stereocenters. The molecule has 0 aliphatic carbocycles. The predicted molar refractivity (Wildman–Crippen MR) is 119 cm³/mol. The summed E-state index contributed by atoms with van der Waals surface area (Å²) in [5, 5.41) is 10.2. The van der Waals surface area contributed by atoms with Crippen molar-refractivity contribution in [1.29, 1.82) is 0 Å². The van der Waals surface area contributed by atoms with E-state index in [1.807, 2.05) is 39.0 Å². The first-order valence-corrected chi connectivity index (χ1v) is 10.8. The van der Waals surface area contributed by atoms with Crippen LogP contribution in [0.5, 0.6) is 28.7 Å². The van der Waals surface area contributed by atoms with E-state index in [-0.39, 0.29) is 35.4 Å². The number of methoxy groups -OCH3 is 3. The second-order valence-electron chi connectivity index (χ2n) is 9.23. The molecule has 4 rings (SSSR count). The van der Waals surface area contributed by atoms with Crippen LogP contribution in [0, 0.1) is 11.8 Å². The lowest BCUT2D eigenvalue weighted by molar-refractivity contribution is 0.0190. The van der Waals surface area contributed by atoms with Crippen molar-refractivity contribution in [1.82, 2.24) is 0 Å². The molecule has 0 amide bonds. The average Bonchev–Trinajstić information content (AvgIpc) is 3.35. The van der Waals surface area contributed by atoms with Crippen LogP contribution in [0.15, 0.2) is 30.3 Å². The van der Waals surface area contributed by atoms with Crippen molar-refractivity contribution in [2.45, 2.75) is 38.6 Å². The Bertz CT molecular complexity index is 940. The summed E-state index contributed by atoms with van der Waals surface area (Å²) in [4.78, 5) is 0. The molecule has 0 radical (unpaired) electrons. The fraction of sp³-hybridized carbons (Fsp3) is 0.520. The Morgan fingerprint density at radius 1 is 0.750 bits per heavy atom. The van der Waals surface area contributed by atoms with Crippen molar-refractivity contribution in [2.24, 2.45) is 11.8 Å². The van der Waals surface area contributed by atoms with Crippen LogP contribution >= 0.6 is 0 Å². The van der Waals surface area contributed by atoms with Crippen LogP contribution in [-0.4, -0.2) is 45.3 Å². The van der Waals surface area contributed by atoms with Gasteiger partial charge in [0.1, 0.15) is 5.60 Å². The predicted octanol–water partition coefficient (Wildman–Crippen LogP) is 4.67. The van der Waals surface area contributed by atoms with Crippen LogP contribution in [0.25, 0.3) is 0 Å². The lowest BCUT2D eigenvalue weighted by Crippen LogP contribution is -2.23. The third-order valence-corrected chi connectivity index (χ3v) is 6.03. The van der Waals surface area contributed by atoms with Gasteiger partial charge >= 0.3 is 0 Å². The Hall–Kier alpha value is -2.64. The Kier molecular flexibility index (Phi) is 6.14. The zero-order valence-corrected chi connectivity index (χ0v) is 19.5. The van der Waals surface area contributed by atoms with Crippen LogP contribution in [0.1, 0.15) is 44.1 Å². The van der Waals surface area contributed by atoms with Gasteiger partial charge < -0.3 is 33.5 Å². The quantitative estimate of drug-likeness (QED) is 0.694. The minimum atomic E-state index is -0.317. The topological polar surface area (TPSA) is 75.6 Å². The molecule has 4 atom stereocenters. The largest absolute Gasteiger partial charge is 0.502 e. The zero-order chi connectivity index (χ0) is 23.0. The van der Waals surface area contributed by atoms with E-state index in [4.69, 9.17) is 28.4 Å². The minimum absolute atomic E-state index is 0.0153. The normalized spacial score (nSPS) is 24.8. The Labute approximate surface area is 189 Å². The molecule has 0 bridgehead atoms. The molecule has 7 nitrogen and oxygen atoms in total. The second kappa shape index (κ2) is 8.71. The van der Waals surface area contributed by atoms with Crippen molar-refractivity contribution >= 4 is 0 Å². The molecule has 0 saturated carbocycles. The maximum Gasteiger partial charge on any atom is 0.200 e. The van der Waals surface area contributed by atoms with Crippen LogP contribution in [0.3, 0.4) is 0 Å². The van der Waals surface area contributed by atoms with Gasteiger partial charge in [-0.2, -0.15) is 0 Å². The molecule has 2 aliphatic rings. The molecular formula is C25H32O7. The van der Waals surface area contributed by atoms with Crippen LogP contribution in [0.4, 0.5) is 0 Å². The fourth-order valence-corrected chi connectivity index (χ4v) is 4.59. The van der Waals surface area contributed by atoms with E-state index in [1.54, 1.807) is 19.2 Å². The van der Waals surface area contributed by atoms with Gasteiger partial charge in [0, 0.05) is 11.8 Å². The van der Waals surface area contributed by atoms with Gasteiger partial charge in [0.05, 0.1) is 46.8 Å². The molecule has 174 valence electrons. The van der Waals surface area contributed by atoms with Crippen molar-refractivity contribution in [3.63, 3.8) is 0 Å². The van der Waals surface area contributed by atoms with E-state index in [0.29, 0.717) is 36.2 Å². The van der Waals surface area contributed by atoms with Gasteiger partial charge in [0.25, 0.3) is 0 Å². The molecule has 2 fully saturated rings. The average molecular weight is 445 g/mol. The smallest absolute Gasteiger partial charge is 0.200 e. The molecule has 0 aromatic heterocycles. The van der Waals surface area contributed by atoms with Gasteiger partial charge in [-0.3, -0.25) is 0 Å². The Morgan fingerprint density at radius 3 is 1.75 bits per heavy atom. The van der Waals surface area contributed by atoms with E-state index < -0.39 is 0 Å². The highest BCUT2D eigenvalue weighted by Crippen LogP contribution is 2.52. The van der Waals surface area contributed by atoms with Crippen molar-refractivity contribution in [3.05, 3.63) is 41.5 Å². The summed E-state index contributed by atoms with van der Waals surface area (Å²) >= 11 is 0. The second-order valence-corrected chi connectivity index (χ2v) is 9.23. The van der Waals surface area contributed by atoms with Gasteiger partial charge in [-0.15, -0.1) is 0 Å². The van der Waals surface area contributed by atoms with E-state index in [2.05, 4.69) is 0 Å². The number of phenolic OH excluding ortho intramolecular Hbond substituents is 1. The third kappa shape index (κ3) is 4.19.